The van der Waals surface area contributed by atoms with E-state index in [1.807, 2.05) is 17.0 Å². The maximum Gasteiger partial charge on any atom is 0.573 e. The van der Waals surface area contributed by atoms with Crippen LogP contribution in [0.2, 0.25) is 0 Å². The van der Waals surface area contributed by atoms with Crippen molar-refractivity contribution in [1.82, 2.24) is 4.90 Å². The van der Waals surface area contributed by atoms with Crippen LogP contribution in [0.5, 0.6) is 11.5 Å². The first kappa shape index (κ1) is 34.4. The summed E-state index contributed by atoms with van der Waals surface area (Å²) >= 11 is 0. The summed E-state index contributed by atoms with van der Waals surface area (Å²) in [5, 5.41) is 10.5. The van der Waals surface area contributed by atoms with Gasteiger partial charge in [0.1, 0.15) is 17.6 Å². The molecule has 0 aromatic heterocycles. The molecule has 1 heterocycles. The summed E-state index contributed by atoms with van der Waals surface area (Å²) in [6.07, 6.45) is -15.8. The molecule has 3 aromatic carbocycles. The quantitative estimate of drug-likeness (QED) is 0.226. The van der Waals surface area contributed by atoms with E-state index in [2.05, 4.69) is 4.74 Å². The third-order valence-electron chi connectivity index (χ3n) is 7.52. The summed E-state index contributed by atoms with van der Waals surface area (Å²) in [7, 11) is 0. The number of halogens is 9. The van der Waals surface area contributed by atoms with Crippen molar-refractivity contribution in [2.24, 2.45) is 0 Å². The minimum absolute atomic E-state index is 0.0106. The highest BCUT2D eigenvalue weighted by Gasteiger charge is 2.41. The van der Waals surface area contributed by atoms with E-state index < -0.39 is 59.9 Å². The largest absolute Gasteiger partial charge is 0.573 e. The Kier molecular flexibility index (Phi) is 10.3. The Balaban J connectivity index is 1.48. The number of hydrogen-bond acceptors (Lipinski definition) is 5. The van der Waals surface area contributed by atoms with E-state index in [1.54, 1.807) is 18.2 Å². The summed E-state index contributed by atoms with van der Waals surface area (Å²) in [5.41, 5.74) is -2.92. The third-order valence-corrected chi connectivity index (χ3v) is 7.52. The molecule has 3 aromatic rings. The van der Waals surface area contributed by atoms with E-state index in [0.29, 0.717) is 38.1 Å². The number of alkyl halides is 9. The van der Waals surface area contributed by atoms with Crippen LogP contribution in [0.3, 0.4) is 0 Å². The monoisotopic (exact) mass is 651 g/mol. The fourth-order valence-electron chi connectivity index (χ4n) is 5.32. The molecular formula is C31H30F9NO4. The van der Waals surface area contributed by atoms with Crippen LogP contribution in [0, 0.1) is 0 Å². The van der Waals surface area contributed by atoms with Gasteiger partial charge in [0.25, 0.3) is 0 Å². The summed E-state index contributed by atoms with van der Waals surface area (Å²) in [5.74, 6) is -0.244. The minimum atomic E-state index is -4.98. The van der Waals surface area contributed by atoms with Gasteiger partial charge in [-0.25, -0.2) is 0 Å². The molecule has 246 valence electrons. The fourth-order valence-corrected chi connectivity index (χ4v) is 5.32. The topological polar surface area (TPSA) is 51.2 Å². The van der Waals surface area contributed by atoms with E-state index in [9.17, 15) is 44.6 Å². The zero-order chi connectivity index (χ0) is 33.0. The number of piperidine rings is 1. The van der Waals surface area contributed by atoms with E-state index >= 15 is 0 Å². The number of hydrogen-bond donors (Lipinski definition) is 1. The van der Waals surface area contributed by atoms with Gasteiger partial charge in [0, 0.05) is 18.5 Å². The van der Waals surface area contributed by atoms with Crippen molar-refractivity contribution in [3.8, 4) is 11.5 Å². The lowest BCUT2D eigenvalue weighted by molar-refractivity contribution is -0.274. The second kappa shape index (κ2) is 13.5. The molecule has 2 unspecified atom stereocenters. The Morgan fingerprint density at radius 3 is 1.80 bits per heavy atom. The lowest BCUT2D eigenvalue weighted by atomic mass is 9.73. The number of aliphatic hydroxyl groups is 1. The van der Waals surface area contributed by atoms with Crippen molar-refractivity contribution in [3.63, 3.8) is 0 Å². The second-order valence-corrected chi connectivity index (χ2v) is 10.9. The highest BCUT2D eigenvalue weighted by Crippen LogP contribution is 2.39. The maximum absolute atomic E-state index is 13.3. The van der Waals surface area contributed by atoms with Gasteiger partial charge in [-0.3, -0.25) is 4.90 Å². The first-order valence-electron chi connectivity index (χ1n) is 13.8. The van der Waals surface area contributed by atoms with E-state index in [0.717, 1.165) is 17.7 Å². The number of benzene rings is 3. The molecule has 1 N–H and O–H groups in total. The van der Waals surface area contributed by atoms with Crippen LogP contribution in [0.1, 0.15) is 42.0 Å². The number of rotatable bonds is 10. The summed E-state index contributed by atoms with van der Waals surface area (Å²) in [4.78, 5) is 1.84. The fraction of sp³-hybridized carbons (Fsp3) is 0.419. The van der Waals surface area contributed by atoms with Crippen LogP contribution in [0.4, 0.5) is 39.5 Å². The molecule has 45 heavy (non-hydrogen) atoms. The summed E-state index contributed by atoms with van der Waals surface area (Å²) in [6.45, 7) is 1.70. The molecule has 5 nitrogen and oxygen atoms in total. The molecule has 0 aliphatic carbocycles. The predicted molar refractivity (Wildman–Crippen MR) is 144 cm³/mol. The van der Waals surface area contributed by atoms with Gasteiger partial charge in [-0.1, -0.05) is 30.3 Å². The van der Waals surface area contributed by atoms with Crippen LogP contribution in [-0.2, 0) is 29.1 Å². The van der Waals surface area contributed by atoms with Gasteiger partial charge in [0.05, 0.1) is 24.3 Å². The highest BCUT2D eigenvalue weighted by molar-refractivity contribution is 5.34. The summed E-state index contributed by atoms with van der Waals surface area (Å²) in [6, 6.07) is 15.2. The molecule has 2 atom stereocenters. The van der Waals surface area contributed by atoms with E-state index in [4.69, 9.17) is 9.47 Å². The first-order chi connectivity index (χ1) is 21.0. The SMILES string of the molecule is CC(O)C(Oc1ccc(OC(F)(F)F)cc1)N1CCC(COCc2cc(C(F)(F)F)cc(C(F)(F)F)c2)(c2ccccc2)CC1. The molecule has 1 aliphatic rings. The van der Waals surface area contributed by atoms with Gasteiger partial charge in [-0.15, -0.1) is 13.2 Å². The molecule has 0 radical (unpaired) electrons. The van der Waals surface area contributed by atoms with Crippen molar-refractivity contribution in [2.75, 3.05) is 19.7 Å². The van der Waals surface area contributed by atoms with Gasteiger partial charge in [0.2, 0.25) is 0 Å². The first-order valence-corrected chi connectivity index (χ1v) is 13.8. The van der Waals surface area contributed by atoms with Crippen molar-refractivity contribution in [2.45, 2.75) is 62.8 Å². The number of likely N-dealkylation sites (tertiary alicyclic amines) is 1. The minimum Gasteiger partial charge on any atom is -0.472 e. The zero-order valence-electron chi connectivity index (χ0n) is 23.8. The van der Waals surface area contributed by atoms with Gasteiger partial charge in [-0.2, -0.15) is 26.3 Å². The van der Waals surface area contributed by atoms with Gasteiger partial charge in [0.15, 0.2) is 6.23 Å². The summed E-state index contributed by atoms with van der Waals surface area (Å²) < 4.78 is 133. The molecule has 14 heteroatoms. The Labute approximate surface area is 253 Å². The number of nitrogens with zero attached hydrogens (tertiary/aromatic N) is 1. The zero-order valence-corrected chi connectivity index (χ0v) is 23.8. The molecule has 4 rings (SSSR count). The van der Waals surface area contributed by atoms with Gasteiger partial charge in [-0.05, 0) is 73.4 Å². The van der Waals surface area contributed by atoms with Gasteiger partial charge < -0.3 is 19.3 Å². The standard InChI is InChI=1S/C31H30F9NO4/c1-20(42)27(44-25-7-9-26(10-8-25)45-31(38,39)40)41-13-11-28(12-14-41,22-5-3-2-4-6-22)19-43-18-21-15-23(29(32,33)34)17-24(16-21)30(35,36)37/h2-10,15-17,20,27,42H,11-14,18-19H2,1H3. The van der Waals surface area contributed by atoms with Crippen LogP contribution in [0.25, 0.3) is 0 Å². The Hall–Kier alpha value is -3.49. The van der Waals surface area contributed by atoms with Crippen LogP contribution in [0.15, 0.2) is 72.8 Å². The average molecular weight is 652 g/mol. The lowest BCUT2D eigenvalue weighted by Gasteiger charge is -2.45. The molecule has 0 spiro atoms. The Morgan fingerprint density at radius 2 is 1.31 bits per heavy atom. The van der Waals surface area contributed by atoms with Crippen LogP contribution < -0.4 is 9.47 Å². The van der Waals surface area contributed by atoms with Crippen LogP contribution >= 0.6 is 0 Å². The van der Waals surface area contributed by atoms with E-state index in [1.165, 1.54) is 19.1 Å². The Morgan fingerprint density at radius 1 is 0.778 bits per heavy atom. The van der Waals surface area contributed by atoms with Crippen molar-refractivity contribution in [1.29, 1.82) is 0 Å². The molecule has 0 saturated carbocycles. The lowest BCUT2D eigenvalue weighted by Crippen LogP contribution is -2.53. The van der Waals surface area contributed by atoms with Crippen molar-refractivity contribution >= 4 is 0 Å². The molecule has 1 saturated heterocycles. The number of ether oxygens (including phenoxy) is 3. The average Bonchev–Trinajstić information content (AvgIpc) is 2.96. The number of aliphatic hydroxyl groups excluding tert-OH is 1. The van der Waals surface area contributed by atoms with Gasteiger partial charge >= 0.3 is 18.7 Å². The normalized spacial score (nSPS) is 17.5. The predicted octanol–water partition coefficient (Wildman–Crippen LogP) is 7.96. The van der Waals surface area contributed by atoms with E-state index in [-0.39, 0.29) is 24.0 Å². The smallest absolute Gasteiger partial charge is 0.472 e. The van der Waals surface area contributed by atoms with Crippen molar-refractivity contribution < 1.29 is 58.8 Å². The third kappa shape index (κ3) is 9.27. The Bertz CT molecular complexity index is 1350. The molecule has 1 aliphatic heterocycles. The van der Waals surface area contributed by atoms with Crippen molar-refractivity contribution in [3.05, 3.63) is 95.1 Å². The van der Waals surface area contributed by atoms with Crippen LogP contribution in [-0.4, -0.2) is 48.4 Å². The molecule has 0 bridgehead atoms. The molecule has 0 amide bonds. The molecular weight excluding hydrogens is 621 g/mol. The maximum atomic E-state index is 13.3. The highest BCUT2D eigenvalue weighted by atomic mass is 19.4. The molecule has 1 fully saturated rings. The second-order valence-electron chi connectivity index (χ2n) is 10.9.